The number of rotatable bonds is 4. The van der Waals surface area contributed by atoms with Crippen molar-refractivity contribution in [2.24, 2.45) is 28.6 Å². The van der Waals surface area contributed by atoms with Gasteiger partial charge in [0.25, 0.3) is 0 Å². The zero-order chi connectivity index (χ0) is 22.1. The number of Topliss-reactive ketones (excluding diaryl/α,β-unsaturated/α-hetero) is 2. The number of carbonyl (C=O) groups excluding carboxylic acids is 2. The van der Waals surface area contributed by atoms with E-state index in [0.29, 0.717) is 32.1 Å². The molecule has 0 aromatic rings. The first-order valence-corrected chi connectivity index (χ1v) is 12.2. The van der Waals surface area contributed by atoms with E-state index in [-0.39, 0.29) is 41.8 Å². The zero-order valence-electron chi connectivity index (χ0n) is 17.4. The lowest BCUT2D eigenvalue weighted by Gasteiger charge is -2.59. The third kappa shape index (κ3) is 3.19. The second-order valence-electron chi connectivity index (χ2n) is 10.2. The van der Waals surface area contributed by atoms with E-state index in [4.69, 9.17) is 9.79 Å². The van der Waals surface area contributed by atoms with E-state index in [0.717, 1.165) is 5.57 Å². The number of allylic oxidation sites excluding steroid dienone is 2. The third-order valence-corrected chi connectivity index (χ3v) is 9.31. The lowest BCUT2D eigenvalue weighted by Crippen LogP contribution is -2.61. The second kappa shape index (κ2) is 7.06. The van der Waals surface area contributed by atoms with Gasteiger partial charge < -0.3 is 20.0 Å². The van der Waals surface area contributed by atoms with Crippen LogP contribution in [0, 0.1) is 28.6 Å². The Morgan fingerprint density at radius 3 is 2.67 bits per heavy atom. The van der Waals surface area contributed by atoms with E-state index in [9.17, 15) is 24.4 Å². The van der Waals surface area contributed by atoms with Gasteiger partial charge in [0.2, 0.25) is 0 Å². The number of aliphatic hydroxyl groups is 2. The molecule has 4 rings (SSSR count). The molecule has 0 saturated heterocycles. The van der Waals surface area contributed by atoms with Gasteiger partial charge in [-0.3, -0.25) is 14.1 Å². The summed E-state index contributed by atoms with van der Waals surface area (Å²) in [6.07, 6.45) is 4.76. The predicted octanol–water partition coefficient (Wildman–Crippen LogP) is 1.90. The minimum absolute atomic E-state index is 0.0119. The van der Waals surface area contributed by atoms with Gasteiger partial charge in [0.15, 0.2) is 5.78 Å². The molecule has 168 valence electrons. The van der Waals surface area contributed by atoms with Gasteiger partial charge in [-0.25, -0.2) is 4.57 Å². The van der Waals surface area contributed by atoms with Gasteiger partial charge in [-0.2, -0.15) is 0 Å². The minimum atomic E-state index is -4.83. The van der Waals surface area contributed by atoms with Crippen LogP contribution in [0.4, 0.5) is 0 Å². The summed E-state index contributed by atoms with van der Waals surface area (Å²) in [4.78, 5) is 42.7. The van der Waals surface area contributed by atoms with Crippen molar-refractivity contribution in [3.05, 3.63) is 11.6 Å². The molecule has 0 spiro atoms. The SMILES string of the molecule is CC12CCC(=O)CC1=CCC1C2C(O)CC2(C)C1CCC2(O)C(=O)COP(=O)(O)O. The summed E-state index contributed by atoms with van der Waals surface area (Å²) in [5, 5.41) is 22.7. The average molecular weight is 442 g/mol. The molecule has 7 atom stereocenters. The first kappa shape index (κ1) is 22.3. The molecule has 4 aliphatic rings. The highest BCUT2D eigenvalue weighted by atomic mass is 31.2. The van der Waals surface area contributed by atoms with Gasteiger partial charge in [-0.05, 0) is 55.3 Å². The van der Waals surface area contributed by atoms with Crippen LogP contribution in [0.5, 0.6) is 0 Å². The van der Waals surface area contributed by atoms with Crippen LogP contribution < -0.4 is 0 Å². The number of carbonyl (C=O) groups is 2. The van der Waals surface area contributed by atoms with Gasteiger partial charge in [0.05, 0.1) is 6.10 Å². The van der Waals surface area contributed by atoms with Crippen molar-refractivity contribution >= 4 is 19.4 Å². The molecule has 0 heterocycles. The van der Waals surface area contributed by atoms with Crippen molar-refractivity contribution in [3.63, 3.8) is 0 Å². The Labute approximate surface area is 175 Å². The van der Waals surface area contributed by atoms with E-state index >= 15 is 0 Å². The molecule has 4 aliphatic carbocycles. The molecular weight excluding hydrogens is 411 g/mol. The first-order valence-electron chi connectivity index (χ1n) is 10.7. The molecule has 4 N–H and O–H groups in total. The Hall–Kier alpha value is -0.890. The summed E-state index contributed by atoms with van der Waals surface area (Å²) in [7, 11) is -4.83. The fraction of sp³-hybridized carbons (Fsp3) is 0.810. The Morgan fingerprint density at radius 1 is 1.30 bits per heavy atom. The second-order valence-corrected chi connectivity index (χ2v) is 11.4. The van der Waals surface area contributed by atoms with Crippen LogP contribution in [0.2, 0.25) is 0 Å². The van der Waals surface area contributed by atoms with Crippen LogP contribution >= 0.6 is 7.82 Å². The van der Waals surface area contributed by atoms with Crippen molar-refractivity contribution in [2.75, 3.05) is 6.61 Å². The van der Waals surface area contributed by atoms with Crippen LogP contribution in [0.3, 0.4) is 0 Å². The number of hydrogen-bond acceptors (Lipinski definition) is 6. The number of phosphoric acid groups is 1. The molecule has 30 heavy (non-hydrogen) atoms. The maximum absolute atomic E-state index is 12.8. The molecule has 0 amide bonds. The lowest BCUT2D eigenvalue weighted by atomic mass is 9.46. The first-order chi connectivity index (χ1) is 13.8. The zero-order valence-corrected chi connectivity index (χ0v) is 18.3. The van der Waals surface area contributed by atoms with Crippen molar-refractivity contribution in [3.8, 4) is 0 Å². The molecule has 9 heteroatoms. The van der Waals surface area contributed by atoms with E-state index in [1.807, 2.05) is 6.92 Å². The summed E-state index contributed by atoms with van der Waals surface area (Å²) in [6, 6.07) is 0. The summed E-state index contributed by atoms with van der Waals surface area (Å²) in [6.45, 7) is 3.08. The van der Waals surface area contributed by atoms with Gasteiger partial charge in [-0.1, -0.05) is 25.5 Å². The molecule has 7 unspecified atom stereocenters. The molecule has 0 radical (unpaired) electrons. The van der Waals surface area contributed by atoms with Gasteiger partial charge in [0.1, 0.15) is 18.0 Å². The van der Waals surface area contributed by atoms with Gasteiger partial charge in [0, 0.05) is 18.3 Å². The lowest BCUT2D eigenvalue weighted by molar-refractivity contribution is -0.179. The fourth-order valence-corrected chi connectivity index (χ4v) is 7.62. The van der Waals surface area contributed by atoms with E-state index < -0.39 is 37.3 Å². The maximum atomic E-state index is 12.8. The molecular formula is C21H31O8P. The van der Waals surface area contributed by atoms with Crippen LogP contribution in [-0.4, -0.2) is 49.9 Å². The van der Waals surface area contributed by atoms with Crippen molar-refractivity contribution in [2.45, 2.75) is 70.5 Å². The summed E-state index contributed by atoms with van der Waals surface area (Å²) in [5.74, 6) is -0.485. The number of fused-ring (bicyclic) bond motifs is 5. The van der Waals surface area contributed by atoms with Crippen LogP contribution in [0.1, 0.15) is 58.8 Å². The van der Waals surface area contributed by atoms with Crippen LogP contribution in [0.15, 0.2) is 11.6 Å². The molecule has 8 nitrogen and oxygen atoms in total. The molecule has 0 aromatic carbocycles. The molecule has 3 fully saturated rings. The topological polar surface area (TPSA) is 141 Å². The standard InChI is InChI=1S/C21H31O8P/c1-19-7-5-13(22)9-12(19)3-4-14-15-6-8-21(25,17(24)11-29-30(26,27)28)20(15,2)10-16(23)18(14)19/h3,14-16,18,23,25H,4-11H2,1-2H3,(H2,26,27,28). The molecule has 3 saturated carbocycles. The minimum Gasteiger partial charge on any atom is -0.393 e. The largest absolute Gasteiger partial charge is 0.470 e. The Bertz CT molecular complexity index is 848. The van der Waals surface area contributed by atoms with Crippen molar-refractivity contribution in [1.82, 2.24) is 0 Å². The monoisotopic (exact) mass is 442 g/mol. The Kier molecular flexibility index (Phi) is 5.25. The Morgan fingerprint density at radius 2 is 2.00 bits per heavy atom. The molecule has 0 aromatic heterocycles. The number of hydrogen-bond donors (Lipinski definition) is 4. The smallest absolute Gasteiger partial charge is 0.393 e. The van der Waals surface area contributed by atoms with E-state index in [1.54, 1.807) is 0 Å². The normalized spacial score (nSPS) is 45.9. The van der Waals surface area contributed by atoms with Gasteiger partial charge in [-0.15, -0.1) is 0 Å². The van der Waals surface area contributed by atoms with Gasteiger partial charge >= 0.3 is 7.82 Å². The summed E-state index contributed by atoms with van der Waals surface area (Å²) < 4.78 is 15.4. The molecule has 0 aliphatic heterocycles. The highest BCUT2D eigenvalue weighted by Gasteiger charge is 2.68. The maximum Gasteiger partial charge on any atom is 0.470 e. The van der Waals surface area contributed by atoms with E-state index in [2.05, 4.69) is 17.5 Å². The van der Waals surface area contributed by atoms with Crippen LogP contribution in [0.25, 0.3) is 0 Å². The number of phosphoric ester groups is 1. The van der Waals surface area contributed by atoms with Crippen LogP contribution in [-0.2, 0) is 18.7 Å². The summed E-state index contributed by atoms with van der Waals surface area (Å²) in [5.41, 5.74) is -1.85. The average Bonchev–Trinajstić information content (AvgIpc) is 2.91. The number of aliphatic hydroxyl groups excluding tert-OH is 1. The summed E-state index contributed by atoms with van der Waals surface area (Å²) >= 11 is 0. The Balaban J connectivity index is 1.64. The third-order valence-electron chi connectivity index (χ3n) is 8.85. The molecule has 0 bridgehead atoms. The fourth-order valence-electron chi connectivity index (χ4n) is 7.33. The number of ketones is 2. The van der Waals surface area contributed by atoms with E-state index in [1.165, 1.54) is 0 Å². The highest BCUT2D eigenvalue weighted by molar-refractivity contribution is 7.46. The predicted molar refractivity (Wildman–Crippen MR) is 106 cm³/mol. The quantitative estimate of drug-likeness (QED) is 0.382. The highest BCUT2D eigenvalue weighted by Crippen LogP contribution is 2.67. The van der Waals surface area contributed by atoms with Crippen molar-refractivity contribution < 1.29 is 38.7 Å². The van der Waals surface area contributed by atoms with Crippen molar-refractivity contribution in [1.29, 1.82) is 0 Å².